The molecule has 2 aromatic carbocycles. The van der Waals surface area contributed by atoms with E-state index in [1.807, 2.05) is 22.6 Å². The summed E-state index contributed by atoms with van der Waals surface area (Å²) in [6.45, 7) is 0. The number of thioether (sulfide) groups is 1. The number of anilines is 1. The second-order valence-electron chi connectivity index (χ2n) is 5.92. The van der Waals surface area contributed by atoms with Crippen LogP contribution in [0.5, 0.6) is 0 Å². The number of benzene rings is 2. The summed E-state index contributed by atoms with van der Waals surface area (Å²) in [6, 6.07) is 13.6. The van der Waals surface area contributed by atoms with E-state index in [2.05, 4.69) is 31.8 Å². The Hall–Kier alpha value is -2.89. The van der Waals surface area contributed by atoms with Crippen molar-refractivity contribution in [2.75, 3.05) is 5.32 Å². The van der Waals surface area contributed by atoms with Crippen LogP contribution in [0.15, 0.2) is 53.7 Å². The molecule has 1 N–H and O–H groups in total. The molecule has 5 aromatic rings. The molecule has 7 nitrogen and oxygen atoms in total. The van der Waals surface area contributed by atoms with Crippen LogP contribution in [0.1, 0.15) is 14.8 Å². The Labute approximate surface area is 175 Å². The third-order valence-electron chi connectivity index (χ3n) is 4.00. The number of nitrogens with zero attached hydrogens (tertiary/aromatic N) is 5. The first-order chi connectivity index (χ1) is 14.2. The van der Waals surface area contributed by atoms with Gasteiger partial charge in [-0.3, -0.25) is 9.20 Å². The Morgan fingerprint density at radius 2 is 1.86 bits per heavy atom. The van der Waals surface area contributed by atoms with E-state index in [1.165, 1.54) is 47.4 Å². The van der Waals surface area contributed by atoms with Gasteiger partial charge in [0, 0.05) is 5.69 Å². The minimum atomic E-state index is -0.376. The van der Waals surface area contributed by atoms with Gasteiger partial charge in [-0.25, -0.2) is 4.39 Å². The lowest BCUT2D eigenvalue weighted by molar-refractivity contribution is 0.102. The summed E-state index contributed by atoms with van der Waals surface area (Å²) in [5, 5.41) is 21.0. The topological polar surface area (TPSA) is 85.1 Å². The second kappa shape index (κ2) is 7.50. The molecule has 0 saturated carbocycles. The second-order valence-corrected chi connectivity index (χ2v) is 8.93. The normalized spacial score (nSPS) is 11.3. The first-order valence-electron chi connectivity index (χ1n) is 8.42. The van der Waals surface area contributed by atoms with Gasteiger partial charge < -0.3 is 5.32 Å². The van der Waals surface area contributed by atoms with Crippen molar-refractivity contribution in [1.82, 2.24) is 24.8 Å². The quantitative estimate of drug-likeness (QED) is 0.404. The standard InChI is InChI=1S/C18H11FN6OS3/c19-10-5-7-11(8-6-10)20-15(26)16-22-21-14(29-16)9-27-17-23-24-18-25(17)12-3-1-2-4-13(12)28-18/h1-8H,9H2,(H,20,26). The van der Waals surface area contributed by atoms with Crippen molar-refractivity contribution in [3.63, 3.8) is 0 Å². The molecule has 0 radical (unpaired) electrons. The molecule has 5 rings (SSSR count). The molecule has 144 valence electrons. The summed E-state index contributed by atoms with van der Waals surface area (Å²) in [7, 11) is 0. The maximum Gasteiger partial charge on any atom is 0.286 e. The summed E-state index contributed by atoms with van der Waals surface area (Å²) >= 11 is 4.29. The Kier molecular flexibility index (Phi) is 4.70. The predicted molar refractivity (Wildman–Crippen MR) is 112 cm³/mol. The number of para-hydroxylation sites is 1. The zero-order valence-electron chi connectivity index (χ0n) is 14.6. The predicted octanol–water partition coefficient (Wildman–Crippen LogP) is 4.48. The lowest BCUT2D eigenvalue weighted by Gasteiger charge is -2.01. The number of halogens is 1. The summed E-state index contributed by atoms with van der Waals surface area (Å²) < 4.78 is 16.1. The molecule has 0 unspecified atom stereocenters. The maximum absolute atomic E-state index is 13.0. The maximum atomic E-state index is 13.0. The van der Waals surface area contributed by atoms with Crippen LogP contribution >= 0.6 is 34.4 Å². The Morgan fingerprint density at radius 1 is 1.03 bits per heavy atom. The molecule has 0 aliphatic carbocycles. The first-order valence-corrected chi connectivity index (χ1v) is 11.0. The molecule has 1 amide bonds. The Morgan fingerprint density at radius 3 is 2.72 bits per heavy atom. The van der Waals surface area contributed by atoms with Crippen molar-refractivity contribution in [2.24, 2.45) is 0 Å². The van der Waals surface area contributed by atoms with Crippen molar-refractivity contribution in [3.05, 3.63) is 64.4 Å². The number of fused-ring (bicyclic) bond motifs is 3. The highest BCUT2D eigenvalue weighted by molar-refractivity contribution is 7.98. The molecule has 3 heterocycles. The number of hydrogen-bond donors (Lipinski definition) is 1. The average Bonchev–Trinajstić information content (AvgIpc) is 3.43. The van der Waals surface area contributed by atoms with Crippen molar-refractivity contribution < 1.29 is 9.18 Å². The highest BCUT2D eigenvalue weighted by Gasteiger charge is 2.16. The van der Waals surface area contributed by atoms with E-state index < -0.39 is 0 Å². The van der Waals surface area contributed by atoms with Gasteiger partial charge in [0.05, 0.1) is 16.0 Å². The van der Waals surface area contributed by atoms with E-state index >= 15 is 0 Å². The van der Waals surface area contributed by atoms with Crippen molar-refractivity contribution >= 4 is 61.2 Å². The molecule has 0 spiro atoms. The number of aromatic nitrogens is 5. The fraction of sp³-hybridized carbons (Fsp3) is 0.0556. The number of amides is 1. The fourth-order valence-electron chi connectivity index (χ4n) is 2.70. The van der Waals surface area contributed by atoms with E-state index in [0.29, 0.717) is 16.4 Å². The zero-order chi connectivity index (χ0) is 19.8. The molecule has 0 atom stereocenters. The molecule has 0 fully saturated rings. The summed E-state index contributed by atoms with van der Waals surface area (Å²) in [5.74, 6) is -0.217. The summed E-state index contributed by atoms with van der Waals surface area (Å²) in [5.41, 5.74) is 1.56. The van der Waals surface area contributed by atoms with Gasteiger partial charge in [-0.05, 0) is 36.4 Å². The van der Waals surface area contributed by atoms with Gasteiger partial charge in [-0.2, -0.15) is 0 Å². The smallest absolute Gasteiger partial charge is 0.286 e. The van der Waals surface area contributed by atoms with Gasteiger partial charge in [-0.1, -0.05) is 46.6 Å². The van der Waals surface area contributed by atoms with Crippen LogP contribution in [-0.4, -0.2) is 30.7 Å². The minimum absolute atomic E-state index is 0.247. The number of rotatable bonds is 5. The number of hydrogen-bond acceptors (Lipinski definition) is 8. The highest BCUT2D eigenvalue weighted by atomic mass is 32.2. The van der Waals surface area contributed by atoms with Crippen molar-refractivity contribution in [2.45, 2.75) is 10.9 Å². The monoisotopic (exact) mass is 442 g/mol. The molecule has 0 aliphatic heterocycles. The number of thiazole rings is 1. The average molecular weight is 443 g/mol. The van der Waals surface area contributed by atoms with Crippen LogP contribution in [0.2, 0.25) is 0 Å². The number of carbonyl (C=O) groups excluding carboxylic acids is 1. The highest BCUT2D eigenvalue weighted by Crippen LogP contribution is 2.31. The molecular weight excluding hydrogens is 431 g/mol. The third-order valence-corrected chi connectivity index (χ3v) is 7.06. The molecule has 0 aliphatic rings. The van der Waals surface area contributed by atoms with Crippen LogP contribution in [-0.2, 0) is 5.75 Å². The van der Waals surface area contributed by atoms with Crippen LogP contribution in [0.4, 0.5) is 10.1 Å². The lowest BCUT2D eigenvalue weighted by Crippen LogP contribution is -2.11. The van der Waals surface area contributed by atoms with Crippen LogP contribution in [0, 0.1) is 5.82 Å². The first kappa shape index (κ1) is 18.2. The summed E-state index contributed by atoms with van der Waals surface area (Å²) in [4.78, 5) is 13.1. The lowest BCUT2D eigenvalue weighted by atomic mass is 10.3. The molecular formula is C18H11FN6OS3. The molecule has 0 bridgehead atoms. The van der Waals surface area contributed by atoms with Gasteiger partial charge in [0.15, 0.2) is 5.16 Å². The van der Waals surface area contributed by atoms with Gasteiger partial charge in [-0.15, -0.1) is 20.4 Å². The van der Waals surface area contributed by atoms with Crippen LogP contribution in [0.3, 0.4) is 0 Å². The van der Waals surface area contributed by atoms with Gasteiger partial charge in [0.25, 0.3) is 5.91 Å². The van der Waals surface area contributed by atoms with E-state index in [9.17, 15) is 9.18 Å². The Bertz CT molecular complexity index is 1330. The Balaban J connectivity index is 1.30. The van der Waals surface area contributed by atoms with Crippen molar-refractivity contribution in [1.29, 1.82) is 0 Å². The zero-order valence-corrected chi connectivity index (χ0v) is 17.0. The summed E-state index contributed by atoms with van der Waals surface area (Å²) in [6.07, 6.45) is 0. The molecule has 11 heteroatoms. The molecule has 29 heavy (non-hydrogen) atoms. The van der Waals surface area contributed by atoms with E-state index in [-0.39, 0.29) is 16.7 Å². The SMILES string of the molecule is O=C(Nc1ccc(F)cc1)c1nnc(CSc2nnc3sc4ccccc4n23)s1. The van der Waals surface area contributed by atoms with E-state index in [4.69, 9.17) is 0 Å². The van der Waals surface area contributed by atoms with Crippen LogP contribution < -0.4 is 5.32 Å². The van der Waals surface area contributed by atoms with Crippen LogP contribution in [0.25, 0.3) is 15.2 Å². The minimum Gasteiger partial charge on any atom is -0.320 e. The van der Waals surface area contributed by atoms with E-state index in [1.54, 1.807) is 11.3 Å². The third kappa shape index (κ3) is 3.59. The van der Waals surface area contributed by atoms with Gasteiger partial charge in [0.1, 0.15) is 10.8 Å². The molecule has 3 aromatic heterocycles. The largest absolute Gasteiger partial charge is 0.320 e. The van der Waals surface area contributed by atoms with Gasteiger partial charge in [0.2, 0.25) is 9.97 Å². The van der Waals surface area contributed by atoms with E-state index in [0.717, 1.165) is 20.3 Å². The van der Waals surface area contributed by atoms with Crippen molar-refractivity contribution in [3.8, 4) is 0 Å². The number of carbonyl (C=O) groups is 1. The number of nitrogens with one attached hydrogen (secondary N) is 1. The van der Waals surface area contributed by atoms with Gasteiger partial charge >= 0.3 is 0 Å². The fourth-order valence-corrected chi connectivity index (χ4v) is 5.38. The molecule has 0 saturated heterocycles.